The first-order valence-electron chi connectivity index (χ1n) is 10.4. The predicted molar refractivity (Wildman–Crippen MR) is 111 cm³/mol. The van der Waals surface area contributed by atoms with E-state index in [2.05, 4.69) is 9.97 Å². The van der Waals surface area contributed by atoms with E-state index >= 15 is 0 Å². The van der Waals surface area contributed by atoms with Gasteiger partial charge in [0.15, 0.2) is 9.84 Å². The van der Waals surface area contributed by atoms with E-state index in [0.29, 0.717) is 6.07 Å². The first-order valence-corrected chi connectivity index (χ1v) is 12.0. The largest absolute Gasteiger partial charge is 0.417 e. The fraction of sp³-hybridized carbons (Fsp3) is 0.476. The molecule has 7 nitrogen and oxygen atoms in total. The van der Waals surface area contributed by atoms with Gasteiger partial charge in [0.2, 0.25) is 5.82 Å². The van der Waals surface area contributed by atoms with E-state index in [0.717, 1.165) is 12.1 Å². The van der Waals surface area contributed by atoms with Crippen LogP contribution >= 0.6 is 0 Å². The Bertz CT molecular complexity index is 1210. The molecule has 0 spiro atoms. The molecule has 2 aromatic rings. The lowest BCUT2D eigenvalue weighted by Gasteiger charge is -2.29. The van der Waals surface area contributed by atoms with E-state index < -0.39 is 50.2 Å². The third kappa shape index (κ3) is 4.83. The van der Waals surface area contributed by atoms with Crippen molar-refractivity contribution in [2.24, 2.45) is 0 Å². The number of sulfone groups is 1. The molecule has 0 saturated carbocycles. The second kappa shape index (κ2) is 8.74. The molecule has 0 unspecified atom stereocenters. The van der Waals surface area contributed by atoms with Crippen LogP contribution in [-0.4, -0.2) is 66.7 Å². The van der Waals surface area contributed by atoms with Crippen LogP contribution in [-0.2, 0) is 16.0 Å². The third-order valence-electron chi connectivity index (χ3n) is 6.07. The minimum absolute atomic E-state index is 0.0778. The number of halogens is 5. The van der Waals surface area contributed by atoms with Gasteiger partial charge in [0.05, 0.1) is 22.3 Å². The minimum Gasteiger partial charge on any atom is -0.351 e. The van der Waals surface area contributed by atoms with Crippen molar-refractivity contribution in [2.75, 3.05) is 31.1 Å². The Balaban J connectivity index is 1.68. The van der Waals surface area contributed by atoms with Gasteiger partial charge < -0.3 is 4.90 Å². The maximum Gasteiger partial charge on any atom is 0.417 e. The van der Waals surface area contributed by atoms with E-state index in [1.165, 1.54) is 23.2 Å². The lowest BCUT2D eigenvalue weighted by Crippen LogP contribution is -2.40. The minimum atomic E-state index is -4.86. The maximum atomic E-state index is 13.7. The second-order valence-corrected chi connectivity index (χ2v) is 10.6. The summed E-state index contributed by atoms with van der Waals surface area (Å²) in [4.78, 5) is 10.1. The van der Waals surface area contributed by atoms with E-state index in [-0.39, 0.29) is 44.1 Å². The van der Waals surface area contributed by atoms with Crippen LogP contribution in [0.25, 0.3) is 0 Å². The zero-order valence-electron chi connectivity index (χ0n) is 17.7. The number of hydrogen-bond acceptors (Lipinski definition) is 7. The molecule has 0 aliphatic carbocycles. The Morgan fingerprint density at radius 1 is 1.21 bits per heavy atom. The summed E-state index contributed by atoms with van der Waals surface area (Å²) in [7, 11) is -4.44. The standard InChI is InChI=1S/C21H20F5N5O2S/c22-20(23)6-8-30(13-20)11-14-9-15(12-31(14)19-5-7-28-18(10-27)29-19)34(32,33)17-4-2-1-3-16(17)21(24,25)26/h1-5,7,14-15H,6,8-9,11-13H2/t14-,15+/m1/s1. The number of alkyl halides is 5. The number of benzene rings is 1. The van der Waals surface area contributed by atoms with Crippen LogP contribution in [0.3, 0.4) is 0 Å². The number of nitriles is 1. The molecule has 4 rings (SSSR count). The zero-order valence-corrected chi connectivity index (χ0v) is 18.5. The summed E-state index contributed by atoms with van der Waals surface area (Å²) in [5.74, 6) is -2.81. The van der Waals surface area contributed by atoms with Gasteiger partial charge in [0.1, 0.15) is 11.9 Å². The Hall–Kier alpha value is -2.85. The Labute approximate surface area is 192 Å². The zero-order chi connectivity index (χ0) is 24.7. The molecule has 0 N–H and O–H groups in total. The molecule has 3 heterocycles. The van der Waals surface area contributed by atoms with Crippen molar-refractivity contribution in [1.82, 2.24) is 14.9 Å². The van der Waals surface area contributed by atoms with E-state index in [1.807, 2.05) is 0 Å². The molecule has 182 valence electrons. The van der Waals surface area contributed by atoms with E-state index in [9.17, 15) is 30.4 Å². The molecule has 2 saturated heterocycles. The van der Waals surface area contributed by atoms with Gasteiger partial charge in [-0.3, -0.25) is 4.90 Å². The van der Waals surface area contributed by atoms with Crippen LogP contribution in [0.5, 0.6) is 0 Å². The number of nitrogens with zero attached hydrogens (tertiary/aromatic N) is 5. The summed E-state index contributed by atoms with van der Waals surface area (Å²) in [5, 5.41) is 7.88. The highest BCUT2D eigenvalue weighted by Gasteiger charge is 2.46. The summed E-state index contributed by atoms with van der Waals surface area (Å²) < 4.78 is 94.6. The van der Waals surface area contributed by atoms with Gasteiger partial charge in [-0.15, -0.1) is 0 Å². The van der Waals surface area contributed by atoms with Crippen LogP contribution in [0.15, 0.2) is 41.4 Å². The Morgan fingerprint density at radius 2 is 1.94 bits per heavy atom. The summed E-state index contributed by atoms with van der Waals surface area (Å²) in [6.45, 7) is -0.502. The first kappa shape index (κ1) is 24.3. The quantitative estimate of drug-likeness (QED) is 0.582. The molecule has 0 amide bonds. The fourth-order valence-corrected chi connectivity index (χ4v) is 6.45. The molecule has 13 heteroatoms. The maximum absolute atomic E-state index is 13.7. The first-order chi connectivity index (χ1) is 15.9. The molecule has 2 aliphatic rings. The molecule has 0 bridgehead atoms. The number of anilines is 1. The molecular weight excluding hydrogens is 481 g/mol. The van der Waals surface area contributed by atoms with Gasteiger partial charge in [-0.1, -0.05) is 12.1 Å². The van der Waals surface area contributed by atoms with Crippen molar-refractivity contribution >= 4 is 15.7 Å². The number of aromatic nitrogens is 2. The van der Waals surface area contributed by atoms with Gasteiger partial charge in [-0.25, -0.2) is 27.2 Å². The number of likely N-dealkylation sites (tertiary alicyclic amines) is 1. The Kier molecular flexibility index (Phi) is 6.24. The van der Waals surface area contributed by atoms with Gasteiger partial charge >= 0.3 is 6.18 Å². The van der Waals surface area contributed by atoms with Gasteiger partial charge in [-0.2, -0.15) is 18.4 Å². The second-order valence-electron chi connectivity index (χ2n) is 8.39. The molecule has 0 radical (unpaired) electrons. The molecule has 1 aromatic carbocycles. The topological polar surface area (TPSA) is 90.2 Å². The van der Waals surface area contributed by atoms with Crippen molar-refractivity contribution in [3.8, 4) is 6.07 Å². The molecule has 34 heavy (non-hydrogen) atoms. The molecule has 2 aliphatic heterocycles. The predicted octanol–water partition coefficient (Wildman–Crippen LogP) is 3.13. The van der Waals surface area contributed by atoms with Gasteiger partial charge in [0, 0.05) is 38.3 Å². The van der Waals surface area contributed by atoms with Crippen LogP contribution in [0.1, 0.15) is 24.2 Å². The molecule has 2 atom stereocenters. The van der Waals surface area contributed by atoms with Gasteiger partial charge in [0.25, 0.3) is 5.92 Å². The van der Waals surface area contributed by atoms with Crippen molar-refractivity contribution < 1.29 is 30.4 Å². The van der Waals surface area contributed by atoms with Crippen molar-refractivity contribution in [2.45, 2.75) is 41.1 Å². The summed E-state index contributed by atoms with van der Waals surface area (Å²) in [6, 6.07) is 6.59. The Morgan fingerprint density at radius 3 is 2.59 bits per heavy atom. The highest BCUT2D eigenvalue weighted by atomic mass is 32.2. The average molecular weight is 501 g/mol. The van der Waals surface area contributed by atoms with Crippen molar-refractivity contribution in [3.05, 3.63) is 47.9 Å². The van der Waals surface area contributed by atoms with Crippen LogP contribution in [0, 0.1) is 11.3 Å². The van der Waals surface area contributed by atoms with Crippen molar-refractivity contribution in [1.29, 1.82) is 5.26 Å². The van der Waals surface area contributed by atoms with Crippen LogP contribution in [0.4, 0.5) is 27.8 Å². The smallest absolute Gasteiger partial charge is 0.351 e. The van der Waals surface area contributed by atoms with E-state index in [4.69, 9.17) is 5.26 Å². The summed E-state index contributed by atoms with van der Waals surface area (Å²) in [6.07, 6.45) is -3.96. The lowest BCUT2D eigenvalue weighted by atomic mass is 10.2. The number of rotatable bonds is 5. The molecule has 2 fully saturated rings. The van der Waals surface area contributed by atoms with Crippen LogP contribution < -0.4 is 4.90 Å². The third-order valence-corrected chi connectivity index (χ3v) is 8.25. The summed E-state index contributed by atoms with van der Waals surface area (Å²) in [5.41, 5.74) is -1.25. The lowest BCUT2D eigenvalue weighted by molar-refractivity contribution is -0.139. The average Bonchev–Trinajstić information content (AvgIpc) is 3.36. The SMILES string of the molecule is N#Cc1nccc(N2C[C@@H](S(=O)(=O)c3ccccc3C(F)(F)F)C[C@@H]2CN2CCC(F)(F)C2)n1. The normalized spacial score (nSPS) is 23.2. The monoisotopic (exact) mass is 501 g/mol. The fourth-order valence-electron chi connectivity index (χ4n) is 4.50. The molecule has 1 aromatic heterocycles. The molecular formula is C21H20F5N5O2S. The number of hydrogen-bond donors (Lipinski definition) is 0. The highest BCUT2D eigenvalue weighted by Crippen LogP contribution is 2.38. The summed E-state index contributed by atoms with van der Waals surface area (Å²) >= 11 is 0. The van der Waals surface area contributed by atoms with Crippen LogP contribution in [0.2, 0.25) is 0 Å². The van der Waals surface area contributed by atoms with E-state index in [1.54, 1.807) is 11.0 Å². The van der Waals surface area contributed by atoms with Gasteiger partial charge in [-0.05, 0) is 24.6 Å². The highest BCUT2D eigenvalue weighted by molar-refractivity contribution is 7.92. The van der Waals surface area contributed by atoms with Crippen molar-refractivity contribution in [3.63, 3.8) is 0 Å².